The lowest BCUT2D eigenvalue weighted by molar-refractivity contribution is -0.137. The highest BCUT2D eigenvalue weighted by Crippen LogP contribution is 2.42. The molecule has 1 heterocycles. The van der Waals surface area contributed by atoms with Crippen molar-refractivity contribution < 1.29 is 27.2 Å². The maximum atomic E-state index is 14.3. The van der Waals surface area contributed by atoms with Crippen LogP contribution in [0, 0.1) is 5.82 Å². The van der Waals surface area contributed by atoms with Crippen molar-refractivity contribution in [2.45, 2.75) is 11.6 Å². The van der Waals surface area contributed by atoms with Gasteiger partial charge in [-0.3, -0.25) is 14.5 Å². The van der Waals surface area contributed by atoms with E-state index in [0.29, 0.717) is 5.69 Å². The van der Waals surface area contributed by atoms with Crippen LogP contribution < -0.4 is 10.2 Å². The van der Waals surface area contributed by atoms with Gasteiger partial charge in [-0.25, -0.2) is 4.39 Å². The van der Waals surface area contributed by atoms with Gasteiger partial charge in [0.15, 0.2) is 0 Å². The standard InChI is InChI=1S/C23H16F4N2O2S/c24-18-6-1-2-7-19(18)29-20(30)13-32-22(29)14-8-10-17(11-9-14)28-21(31)15-4-3-5-16(12-15)23(25,26)27/h1-12,22H,13H2,(H,28,31). The second kappa shape index (κ2) is 8.66. The number of anilines is 2. The fraction of sp³-hybridized carbons (Fsp3) is 0.130. The minimum atomic E-state index is -4.54. The van der Waals surface area contributed by atoms with Crippen molar-refractivity contribution in [3.05, 3.63) is 95.3 Å². The molecule has 9 heteroatoms. The Balaban J connectivity index is 1.52. The van der Waals surface area contributed by atoms with Crippen molar-refractivity contribution in [1.29, 1.82) is 0 Å². The second-order valence-corrected chi connectivity index (χ2v) is 8.10. The van der Waals surface area contributed by atoms with E-state index in [0.717, 1.165) is 17.7 Å². The fourth-order valence-electron chi connectivity index (χ4n) is 3.35. The van der Waals surface area contributed by atoms with Crippen LogP contribution in [0.15, 0.2) is 72.8 Å². The molecule has 1 atom stereocenters. The number of thioether (sulfide) groups is 1. The average Bonchev–Trinajstić information content (AvgIpc) is 3.15. The summed E-state index contributed by atoms with van der Waals surface area (Å²) in [5.74, 6) is -1.19. The van der Waals surface area contributed by atoms with Gasteiger partial charge in [0.25, 0.3) is 5.91 Å². The van der Waals surface area contributed by atoms with Crippen molar-refractivity contribution in [2.24, 2.45) is 0 Å². The molecular formula is C23H16F4N2O2S. The number of hydrogen-bond acceptors (Lipinski definition) is 3. The third kappa shape index (κ3) is 4.47. The molecule has 0 aliphatic carbocycles. The molecule has 0 bridgehead atoms. The Bertz CT molecular complexity index is 1170. The maximum Gasteiger partial charge on any atom is 0.416 e. The smallest absolute Gasteiger partial charge is 0.322 e. The van der Waals surface area contributed by atoms with Crippen molar-refractivity contribution >= 4 is 35.0 Å². The van der Waals surface area contributed by atoms with Crippen molar-refractivity contribution in [3.63, 3.8) is 0 Å². The predicted molar refractivity (Wildman–Crippen MR) is 115 cm³/mol. The van der Waals surface area contributed by atoms with E-state index in [1.54, 1.807) is 36.4 Å². The quantitative estimate of drug-likeness (QED) is 0.495. The van der Waals surface area contributed by atoms with E-state index in [1.807, 2.05) is 0 Å². The Morgan fingerprint density at radius 2 is 1.72 bits per heavy atom. The van der Waals surface area contributed by atoms with Crippen LogP contribution in [0.5, 0.6) is 0 Å². The number of rotatable bonds is 4. The van der Waals surface area contributed by atoms with E-state index in [9.17, 15) is 27.2 Å². The molecule has 0 aromatic heterocycles. The largest absolute Gasteiger partial charge is 0.416 e. The summed E-state index contributed by atoms with van der Waals surface area (Å²) in [6.07, 6.45) is -4.54. The summed E-state index contributed by atoms with van der Waals surface area (Å²) < 4.78 is 52.9. The third-order valence-electron chi connectivity index (χ3n) is 4.89. The van der Waals surface area contributed by atoms with E-state index in [-0.39, 0.29) is 22.9 Å². The minimum absolute atomic E-state index is 0.119. The molecule has 0 radical (unpaired) electrons. The number of nitrogens with one attached hydrogen (secondary N) is 1. The number of halogens is 4. The third-order valence-corrected chi connectivity index (χ3v) is 6.10. The Kier molecular flexibility index (Phi) is 5.92. The molecular weight excluding hydrogens is 444 g/mol. The first-order valence-corrected chi connectivity index (χ1v) is 10.6. The van der Waals surface area contributed by atoms with Gasteiger partial charge in [0.2, 0.25) is 5.91 Å². The van der Waals surface area contributed by atoms with Crippen LogP contribution in [0.4, 0.5) is 28.9 Å². The van der Waals surface area contributed by atoms with Gasteiger partial charge >= 0.3 is 6.18 Å². The molecule has 1 saturated heterocycles. The monoisotopic (exact) mass is 460 g/mol. The Morgan fingerprint density at radius 3 is 2.41 bits per heavy atom. The Hall–Kier alpha value is -3.33. The first-order valence-electron chi connectivity index (χ1n) is 9.51. The summed E-state index contributed by atoms with van der Waals surface area (Å²) in [7, 11) is 0. The molecule has 4 nitrogen and oxygen atoms in total. The number of carbonyl (C=O) groups excluding carboxylic acids is 2. The number of hydrogen-bond donors (Lipinski definition) is 1. The van der Waals surface area contributed by atoms with Gasteiger partial charge in [-0.2, -0.15) is 13.2 Å². The zero-order chi connectivity index (χ0) is 22.9. The van der Waals surface area contributed by atoms with Crippen molar-refractivity contribution in [2.75, 3.05) is 16.0 Å². The number of alkyl halides is 3. The van der Waals surface area contributed by atoms with Gasteiger partial charge in [0.1, 0.15) is 11.2 Å². The summed E-state index contributed by atoms with van der Waals surface area (Å²) in [5.41, 5.74) is 0.266. The number of para-hydroxylation sites is 1. The van der Waals surface area contributed by atoms with E-state index in [1.165, 1.54) is 40.9 Å². The molecule has 1 unspecified atom stereocenters. The summed E-state index contributed by atoms with van der Waals surface area (Å²) in [6.45, 7) is 0. The minimum Gasteiger partial charge on any atom is -0.322 e. The lowest BCUT2D eigenvalue weighted by Gasteiger charge is -2.24. The first kappa shape index (κ1) is 21.9. The van der Waals surface area contributed by atoms with Gasteiger partial charge < -0.3 is 5.32 Å². The van der Waals surface area contributed by atoms with Crippen LogP contribution in [0.2, 0.25) is 0 Å². The SMILES string of the molecule is O=C(Nc1ccc(C2SCC(=O)N2c2ccccc2F)cc1)c1cccc(C(F)(F)F)c1. The number of benzene rings is 3. The first-order chi connectivity index (χ1) is 15.2. The van der Waals surface area contributed by atoms with Gasteiger partial charge in [-0.15, -0.1) is 11.8 Å². The molecule has 3 aromatic carbocycles. The molecule has 1 N–H and O–H groups in total. The van der Waals surface area contributed by atoms with E-state index in [2.05, 4.69) is 5.32 Å². The second-order valence-electron chi connectivity index (χ2n) is 7.03. The lowest BCUT2D eigenvalue weighted by atomic mass is 10.1. The normalized spacial score (nSPS) is 16.3. The van der Waals surface area contributed by atoms with E-state index >= 15 is 0 Å². The van der Waals surface area contributed by atoms with Crippen LogP contribution in [0.1, 0.15) is 26.9 Å². The molecule has 0 saturated carbocycles. The molecule has 1 aliphatic heterocycles. The summed E-state index contributed by atoms with van der Waals surface area (Å²) >= 11 is 1.35. The molecule has 1 aliphatic rings. The van der Waals surface area contributed by atoms with Crippen molar-refractivity contribution in [3.8, 4) is 0 Å². The highest BCUT2D eigenvalue weighted by molar-refractivity contribution is 8.00. The number of amides is 2. The zero-order valence-electron chi connectivity index (χ0n) is 16.4. The summed E-state index contributed by atoms with van der Waals surface area (Å²) in [4.78, 5) is 26.2. The average molecular weight is 460 g/mol. The summed E-state index contributed by atoms with van der Waals surface area (Å²) in [5, 5.41) is 2.12. The molecule has 3 aromatic rings. The van der Waals surface area contributed by atoms with Gasteiger partial charge in [-0.1, -0.05) is 30.3 Å². The molecule has 4 rings (SSSR count). The van der Waals surface area contributed by atoms with Crippen LogP contribution in [0.25, 0.3) is 0 Å². The van der Waals surface area contributed by atoms with E-state index < -0.39 is 28.8 Å². The topological polar surface area (TPSA) is 49.4 Å². The number of carbonyl (C=O) groups is 2. The van der Waals surface area contributed by atoms with Gasteiger partial charge in [0.05, 0.1) is 17.0 Å². The zero-order valence-corrected chi connectivity index (χ0v) is 17.2. The lowest BCUT2D eigenvalue weighted by Crippen LogP contribution is -2.28. The predicted octanol–water partition coefficient (Wildman–Crippen LogP) is 5.88. The van der Waals surface area contributed by atoms with Gasteiger partial charge in [0, 0.05) is 11.3 Å². The highest BCUT2D eigenvalue weighted by atomic mass is 32.2. The van der Waals surface area contributed by atoms with Crippen LogP contribution in [-0.4, -0.2) is 17.6 Å². The molecule has 1 fully saturated rings. The Labute approximate surface area is 185 Å². The fourth-order valence-corrected chi connectivity index (χ4v) is 4.52. The van der Waals surface area contributed by atoms with Gasteiger partial charge in [-0.05, 0) is 48.0 Å². The van der Waals surface area contributed by atoms with Crippen LogP contribution in [0.3, 0.4) is 0 Å². The number of nitrogens with zero attached hydrogens (tertiary/aromatic N) is 1. The molecule has 2 amide bonds. The highest BCUT2D eigenvalue weighted by Gasteiger charge is 2.35. The molecule has 164 valence electrons. The van der Waals surface area contributed by atoms with Crippen molar-refractivity contribution in [1.82, 2.24) is 0 Å². The molecule has 0 spiro atoms. The molecule has 32 heavy (non-hydrogen) atoms. The summed E-state index contributed by atoms with van der Waals surface area (Å²) in [6, 6.07) is 16.7. The van der Waals surface area contributed by atoms with E-state index in [4.69, 9.17) is 0 Å². The maximum absolute atomic E-state index is 14.3. The van der Waals surface area contributed by atoms with Crippen LogP contribution >= 0.6 is 11.8 Å². The van der Waals surface area contributed by atoms with Crippen LogP contribution in [-0.2, 0) is 11.0 Å². The Morgan fingerprint density at radius 1 is 1.00 bits per heavy atom.